The van der Waals surface area contributed by atoms with Crippen LogP contribution in [0.3, 0.4) is 0 Å². The number of nitrogens with one attached hydrogen (secondary N) is 1. The Morgan fingerprint density at radius 1 is 0.848 bits per heavy atom. The second kappa shape index (κ2) is 13.9. The molecular weight excluding hydrogens is 537 g/mol. The predicted octanol–water partition coefficient (Wildman–Crippen LogP) is 3.91. The maximum atomic E-state index is 5.54. The molecule has 0 spiro atoms. The van der Waals surface area contributed by atoms with Crippen LogP contribution in [0.2, 0.25) is 0 Å². The molecule has 0 aliphatic heterocycles. The van der Waals surface area contributed by atoms with Gasteiger partial charge in [0, 0.05) is 44.9 Å². The van der Waals surface area contributed by atoms with Crippen molar-refractivity contribution >= 4 is 29.9 Å². The number of aryl methyl sites for hydroxylation is 1. The van der Waals surface area contributed by atoms with Crippen LogP contribution in [0.4, 0.5) is 0 Å². The first kappa shape index (κ1) is 28.5. The second-order valence-electron chi connectivity index (χ2n) is 7.22. The van der Waals surface area contributed by atoms with E-state index in [1.165, 1.54) is 0 Å². The Bertz CT molecular complexity index is 912. The Labute approximate surface area is 214 Å². The summed E-state index contributed by atoms with van der Waals surface area (Å²) < 4.78 is 27.3. The summed E-state index contributed by atoms with van der Waals surface area (Å²) in [6.45, 7) is 3.38. The van der Waals surface area contributed by atoms with Crippen LogP contribution in [0.5, 0.6) is 28.7 Å². The molecule has 0 aliphatic rings. The fourth-order valence-corrected chi connectivity index (χ4v) is 3.53. The Morgan fingerprint density at radius 3 is 1.88 bits per heavy atom. The van der Waals surface area contributed by atoms with E-state index in [1.54, 1.807) is 42.6 Å². The molecular formula is C24H36IN3O5. The SMILES string of the molecule is CN=C(NCCc1c(OC)cc(OC)cc1OC)N(C)Cc1cc(OC)c(OC)cc1C.I. The number of aliphatic imine (C=N–C) groups is 1. The van der Waals surface area contributed by atoms with Gasteiger partial charge in [0.05, 0.1) is 35.5 Å². The molecule has 0 bridgehead atoms. The molecule has 2 aromatic rings. The van der Waals surface area contributed by atoms with Gasteiger partial charge in [0.1, 0.15) is 17.2 Å². The van der Waals surface area contributed by atoms with Crippen molar-refractivity contribution in [3.8, 4) is 28.7 Å². The van der Waals surface area contributed by atoms with Crippen LogP contribution < -0.4 is 29.0 Å². The lowest BCUT2D eigenvalue weighted by atomic mass is 10.1. The van der Waals surface area contributed by atoms with Gasteiger partial charge in [-0.3, -0.25) is 4.99 Å². The van der Waals surface area contributed by atoms with E-state index >= 15 is 0 Å². The van der Waals surface area contributed by atoms with Gasteiger partial charge >= 0.3 is 0 Å². The van der Waals surface area contributed by atoms with Crippen molar-refractivity contribution in [2.45, 2.75) is 19.9 Å². The largest absolute Gasteiger partial charge is 0.496 e. The smallest absolute Gasteiger partial charge is 0.193 e. The third-order valence-electron chi connectivity index (χ3n) is 5.30. The van der Waals surface area contributed by atoms with Crippen LogP contribution in [0.1, 0.15) is 16.7 Å². The average molecular weight is 573 g/mol. The van der Waals surface area contributed by atoms with Crippen molar-refractivity contribution in [1.82, 2.24) is 10.2 Å². The summed E-state index contributed by atoms with van der Waals surface area (Å²) in [6.07, 6.45) is 0.693. The summed E-state index contributed by atoms with van der Waals surface area (Å²) in [6, 6.07) is 7.71. The van der Waals surface area contributed by atoms with Crippen molar-refractivity contribution in [1.29, 1.82) is 0 Å². The van der Waals surface area contributed by atoms with Gasteiger partial charge in [0.15, 0.2) is 17.5 Å². The number of methoxy groups -OCH3 is 5. The predicted molar refractivity (Wildman–Crippen MR) is 142 cm³/mol. The van der Waals surface area contributed by atoms with E-state index in [2.05, 4.69) is 22.1 Å². The number of hydrogen-bond acceptors (Lipinski definition) is 6. The Kier molecular flexibility index (Phi) is 12.0. The summed E-state index contributed by atoms with van der Waals surface area (Å²) in [5.41, 5.74) is 3.22. The van der Waals surface area contributed by atoms with E-state index in [1.807, 2.05) is 31.3 Å². The first-order valence-electron chi connectivity index (χ1n) is 10.3. The molecule has 0 atom stereocenters. The molecule has 184 valence electrons. The normalized spacial score (nSPS) is 10.7. The molecule has 9 heteroatoms. The molecule has 33 heavy (non-hydrogen) atoms. The molecule has 0 saturated carbocycles. The molecule has 0 fully saturated rings. The van der Waals surface area contributed by atoms with Gasteiger partial charge in [0.2, 0.25) is 0 Å². The van der Waals surface area contributed by atoms with Crippen LogP contribution >= 0.6 is 24.0 Å². The standard InChI is InChI=1S/C24H35N3O5.HI/c1-16-11-22(31-7)23(32-8)12-17(16)15-27(3)24(25-2)26-10-9-19-20(29-5)13-18(28-4)14-21(19)30-6;/h11-14H,9-10,15H2,1-8H3,(H,25,26);1H. The van der Waals surface area contributed by atoms with E-state index in [-0.39, 0.29) is 24.0 Å². The van der Waals surface area contributed by atoms with Crippen molar-refractivity contribution in [2.75, 3.05) is 56.2 Å². The van der Waals surface area contributed by atoms with Crippen LogP contribution in [-0.4, -0.2) is 67.0 Å². The maximum Gasteiger partial charge on any atom is 0.193 e. The highest BCUT2D eigenvalue weighted by atomic mass is 127. The highest BCUT2D eigenvalue weighted by Crippen LogP contribution is 2.34. The molecule has 0 heterocycles. The van der Waals surface area contributed by atoms with Crippen LogP contribution in [-0.2, 0) is 13.0 Å². The van der Waals surface area contributed by atoms with E-state index in [9.17, 15) is 0 Å². The zero-order valence-electron chi connectivity index (χ0n) is 20.8. The topological polar surface area (TPSA) is 73.8 Å². The summed E-state index contributed by atoms with van der Waals surface area (Å²) in [5.74, 6) is 4.37. The summed E-state index contributed by atoms with van der Waals surface area (Å²) in [4.78, 5) is 6.49. The number of rotatable bonds is 10. The molecule has 1 N–H and O–H groups in total. The number of ether oxygens (including phenoxy) is 5. The van der Waals surface area contributed by atoms with E-state index in [4.69, 9.17) is 23.7 Å². The molecule has 0 saturated heterocycles. The van der Waals surface area contributed by atoms with Crippen molar-refractivity contribution in [3.63, 3.8) is 0 Å². The highest BCUT2D eigenvalue weighted by Gasteiger charge is 2.15. The van der Waals surface area contributed by atoms with Crippen LogP contribution in [0.25, 0.3) is 0 Å². The number of benzene rings is 2. The summed E-state index contributed by atoms with van der Waals surface area (Å²) in [7, 11) is 12.0. The lowest BCUT2D eigenvalue weighted by Crippen LogP contribution is -2.39. The van der Waals surface area contributed by atoms with Gasteiger partial charge in [-0.05, 0) is 36.6 Å². The van der Waals surface area contributed by atoms with Crippen molar-refractivity contribution < 1.29 is 23.7 Å². The van der Waals surface area contributed by atoms with Crippen molar-refractivity contribution in [2.24, 2.45) is 4.99 Å². The molecule has 2 rings (SSSR count). The van der Waals surface area contributed by atoms with E-state index in [0.29, 0.717) is 31.0 Å². The fourth-order valence-electron chi connectivity index (χ4n) is 3.53. The first-order valence-corrected chi connectivity index (χ1v) is 10.3. The third kappa shape index (κ3) is 7.21. The Balaban J connectivity index is 0.00000544. The zero-order chi connectivity index (χ0) is 23.7. The number of halogens is 1. The van der Waals surface area contributed by atoms with Gasteiger partial charge in [-0.1, -0.05) is 0 Å². The Morgan fingerprint density at radius 2 is 1.39 bits per heavy atom. The summed E-state index contributed by atoms with van der Waals surface area (Å²) >= 11 is 0. The third-order valence-corrected chi connectivity index (χ3v) is 5.30. The second-order valence-corrected chi connectivity index (χ2v) is 7.22. The minimum Gasteiger partial charge on any atom is -0.496 e. The van der Waals surface area contributed by atoms with E-state index in [0.717, 1.165) is 39.9 Å². The zero-order valence-corrected chi connectivity index (χ0v) is 23.1. The molecule has 0 aliphatic carbocycles. The first-order chi connectivity index (χ1) is 15.4. The van der Waals surface area contributed by atoms with Gasteiger partial charge in [0.25, 0.3) is 0 Å². The molecule has 0 unspecified atom stereocenters. The van der Waals surface area contributed by atoms with Crippen LogP contribution in [0, 0.1) is 6.92 Å². The molecule has 2 aromatic carbocycles. The highest BCUT2D eigenvalue weighted by molar-refractivity contribution is 14.0. The molecule has 0 radical (unpaired) electrons. The van der Waals surface area contributed by atoms with Crippen LogP contribution in [0.15, 0.2) is 29.3 Å². The van der Waals surface area contributed by atoms with Gasteiger partial charge in [-0.15, -0.1) is 24.0 Å². The lowest BCUT2D eigenvalue weighted by molar-refractivity contribution is 0.353. The number of nitrogens with zero attached hydrogens (tertiary/aromatic N) is 2. The number of hydrogen-bond donors (Lipinski definition) is 1. The minimum atomic E-state index is 0. The van der Waals surface area contributed by atoms with Gasteiger partial charge < -0.3 is 33.9 Å². The Hall–Kier alpha value is -2.56. The lowest BCUT2D eigenvalue weighted by Gasteiger charge is -2.24. The minimum absolute atomic E-state index is 0. The summed E-state index contributed by atoms with van der Waals surface area (Å²) in [5, 5.41) is 3.42. The average Bonchev–Trinajstić information content (AvgIpc) is 2.82. The number of guanidine groups is 1. The van der Waals surface area contributed by atoms with Gasteiger partial charge in [-0.2, -0.15) is 0 Å². The fraction of sp³-hybridized carbons (Fsp3) is 0.458. The maximum absolute atomic E-state index is 5.54. The van der Waals surface area contributed by atoms with Crippen molar-refractivity contribution in [3.05, 3.63) is 41.0 Å². The van der Waals surface area contributed by atoms with E-state index < -0.39 is 0 Å². The van der Waals surface area contributed by atoms with Gasteiger partial charge in [-0.25, -0.2) is 0 Å². The molecule has 0 aromatic heterocycles. The quantitative estimate of drug-likeness (QED) is 0.263. The monoisotopic (exact) mass is 573 g/mol. The molecule has 8 nitrogen and oxygen atoms in total. The molecule has 0 amide bonds.